The number of rotatable bonds is 3. The van der Waals surface area contributed by atoms with Crippen LogP contribution in [0, 0.1) is 0 Å². The number of hydrogen-bond donors (Lipinski definition) is 0. The molecule has 0 bridgehead atoms. The summed E-state index contributed by atoms with van der Waals surface area (Å²) in [6, 6.07) is 32.3. The van der Waals surface area contributed by atoms with Crippen LogP contribution in [0.2, 0.25) is 0 Å². The van der Waals surface area contributed by atoms with E-state index in [1.54, 1.807) is 0 Å². The standard InChI is InChI=1S/C18H15P.3BrH.Ru/c1-4-10-16(11-5-1)19(17-12-6-2-7-13-17)18-14-8-3-9-15-18;;;;/h1-15H;3*1H;/q;;;;+3/p-3. The molecule has 0 amide bonds. The fourth-order valence-corrected chi connectivity index (χ4v) is 4.48. The molecule has 0 saturated heterocycles. The van der Waals surface area contributed by atoms with Crippen molar-refractivity contribution in [1.29, 1.82) is 0 Å². The molecule has 3 aromatic rings. The van der Waals surface area contributed by atoms with Crippen LogP contribution in [0.5, 0.6) is 0 Å². The monoisotopic (exact) mass is 601 g/mol. The van der Waals surface area contributed by atoms with E-state index in [-0.39, 0.29) is 0 Å². The van der Waals surface area contributed by atoms with Gasteiger partial charge in [-0.1, -0.05) is 91.0 Å². The minimum atomic E-state index is -0.732. The molecule has 0 atom stereocenters. The SMILES string of the molecule is [Br][Ru]([Br])[Br].c1ccc(P(c2ccccc2)c2ccccc2)cc1. The minimum absolute atomic E-state index is 0.446. The van der Waals surface area contributed by atoms with E-state index in [0.717, 1.165) is 0 Å². The van der Waals surface area contributed by atoms with Gasteiger partial charge in [-0.3, -0.25) is 0 Å². The fraction of sp³-hybridized carbons (Fsp3) is 0. The van der Waals surface area contributed by atoms with Crippen LogP contribution in [0.1, 0.15) is 0 Å². The van der Waals surface area contributed by atoms with E-state index < -0.39 is 18.0 Å². The first-order chi connectivity index (χ1) is 11.2. The van der Waals surface area contributed by atoms with E-state index in [2.05, 4.69) is 132 Å². The van der Waals surface area contributed by atoms with E-state index >= 15 is 0 Å². The van der Waals surface area contributed by atoms with Gasteiger partial charge in [0, 0.05) is 0 Å². The zero-order chi connectivity index (χ0) is 16.5. The van der Waals surface area contributed by atoms with E-state index in [0.29, 0.717) is 0 Å². The van der Waals surface area contributed by atoms with Crippen LogP contribution in [0.25, 0.3) is 0 Å². The Morgan fingerprint density at radius 3 is 0.913 bits per heavy atom. The third-order valence-corrected chi connectivity index (χ3v) is 5.49. The first-order valence-corrected chi connectivity index (χ1v) is 20.1. The van der Waals surface area contributed by atoms with E-state index in [1.807, 2.05) is 0 Å². The molecule has 0 aliphatic heterocycles. The van der Waals surface area contributed by atoms with Crippen molar-refractivity contribution in [2.75, 3.05) is 0 Å². The molecule has 5 heteroatoms. The predicted octanol–water partition coefficient (Wildman–Crippen LogP) is 5.98. The molecule has 0 aromatic heterocycles. The Balaban J connectivity index is 0.000000433. The number of halogens is 3. The minimum Gasteiger partial charge on any atom is -0.0622 e. The van der Waals surface area contributed by atoms with Crippen LogP contribution in [0.4, 0.5) is 0 Å². The van der Waals surface area contributed by atoms with Crippen LogP contribution < -0.4 is 15.9 Å². The largest absolute Gasteiger partial charge is 0.0622 e. The summed E-state index contributed by atoms with van der Waals surface area (Å²) < 4.78 is 0. The predicted molar refractivity (Wildman–Crippen MR) is 112 cm³/mol. The van der Waals surface area contributed by atoms with Crippen LogP contribution in [-0.2, 0) is 10.1 Å². The van der Waals surface area contributed by atoms with Crippen molar-refractivity contribution in [2.45, 2.75) is 0 Å². The first-order valence-electron chi connectivity index (χ1n) is 6.80. The second-order valence-corrected chi connectivity index (χ2v) is 30.8. The van der Waals surface area contributed by atoms with Crippen molar-refractivity contribution in [3.63, 3.8) is 0 Å². The van der Waals surface area contributed by atoms with Crippen molar-refractivity contribution in [3.05, 3.63) is 91.0 Å². The van der Waals surface area contributed by atoms with Crippen molar-refractivity contribution in [3.8, 4) is 0 Å². The topological polar surface area (TPSA) is 0 Å². The maximum Gasteiger partial charge on any atom is -0.0134 e. The van der Waals surface area contributed by atoms with Crippen molar-refractivity contribution in [2.24, 2.45) is 0 Å². The molecular weight excluding hydrogens is 588 g/mol. The molecule has 0 aliphatic rings. The van der Waals surface area contributed by atoms with Gasteiger partial charge in [-0.25, -0.2) is 0 Å². The summed E-state index contributed by atoms with van der Waals surface area (Å²) >= 11 is 9.74. The molecule has 23 heavy (non-hydrogen) atoms. The molecule has 0 N–H and O–H groups in total. The summed E-state index contributed by atoms with van der Waals surface area (Å²) in [7, 11) is -1.18. The Morgan fingerprint density at radius 2 is 0.696 bits per heavy atom. The van der Waals surface area contributed by atoms with Gasteiger partial charge in [-0.15, -0.1) is 0 Å². The molecule has 0 radical (unpaired) electrons. The summed E-state index contributed by atoms with van der Waals surface area (Å²) in [5.41, 5.74) is 0. The van der Waals surface area contributed by atoms with Crippen LogP contribution in [0.15, 0.2) is 91.0 Å². The molecule has 0 spiro atoms. The molecule has 0 unspecified atom stereocenters. The Kier molecular flexibility index (Phi) is 9.23. The number of hydrogen-bond acceptors (Lipinski definition) is 0. The zero-order valence-electron chi connectivity index (χ0n) is 12.1. The first kappa shape index (κ1) is 19.5. The van der Waals surface area contributed by atoms with Gasteiger partial charge in [0.1, 0.15) is 0 Å². The second-order valence-electron chi connectivity index (χ2n) is 4.49. The van der Waals surface area contributed by atoms with Crippen LogP contribution in [0.3, 0.4) is 0 Å². The quantitative estimate of drug-likeness (QED) is 0.256. The molecule has 3 aromatic carbocycles. The van der Waals surface area contributed by atoms with E-state index in [4.69, 9.17) is 0 Å². The van der Waals surface area contributed by atoms with Crippen molar-refractivity contribution >= 4 is 64.7 Å². The molecule has 0 fully saturated rings. The average molecular weight is 603 g/mol. The Labute approximate surface area is 164 Å². The maximum absolute atomic E-state index is 3.25. The second kappa shape index (κ2) is 10.9. The van der Waals surface area contributed by atoms with Crippen molar-refractivity contribution in [1.82, 2.24) is 0 Å². The molecule has 0 heterocycles. The van der Waals surface area contributed by atoms with Gasteiger partial charge in [0.05, 0.1) is 0 Å². The average Bonchev–Trinajstić information content (AvgIpc) is 2.58. The molecule has 0 nitrogen and oxygen atoms in total. The maximum atomic E-state index is 3.25. The fourth-order valence-electron chi connectivity index (χ4n) is 2.18. The molecule has 121 valence electrons. The summed E-state index contributed by atoms with van der Waals surface area (Å²) in [6.07, 6.45) is 0. The molecular formula is C18H15Br3PRu. The Hall–Kier alpha value is 0.153. The normalized spacial score (nSPS) is 10.7. The smallest absolute Gasteiger partial charge is 0.0134 e. The third-order valence-electron chi connectivity index (χ3n) is 3.04. The Bertz CT molecular complexity index is 582. The van der Waals surface area contributed by atoms with Crippen LogP contribution in [-0.4, -0.2) is 0 Å². The van der Waals surface area contributed by atoms with Gasteiger partial charge >= 0.3 is 50.9 Å². The van der Waals surface area contributed by atoms with Gasteiger partial charge in [-0.2, -0.15) is 0 Å². The number of benzene rings is 3. The zero-order valence-corrected chi connectivity index (χ0v) is 19.5. The third kappa shape index (κ3) is 6.88. The van der Waals surface area contributed by atoms with Gasteiger partial charge in [-0.05, 0) is 23.8 Å². The van der Waals surface area contributed by atoms with Gasteiger partial charge < -0.3 is 0 Å². The summed E-state index contributed by atoms with van der Waals surface area (Å²) in [5.74, 6) is 0. The van der Waals surface area contributed by atoms with Crippen LogP contribution >= 0.6 is 48.8 Å². The summed E-state index contributed by atoms with van der Waals surface area (Å²) in [4.78, 5) is 0. The van der Waals surface area contributed by atoms with E-state index in [9.17, 15) is 0 Å². The van der Waals surface area contributed by atoms with Gasteiger partial charge in [0.2, 0.25) is 0 Å². The molecule has 0 saturated carbocycles. The van der Waals surface area contributed by atoms with Crippen molar-refractivity contribution < 1.29 is 10.1 Å². The molecule has 0 aliphatic carbocycles. The molecule has 3 rings (SSSR count). The van der Waals surface area contributed by atoms with Gasteiger partial charge in [0.15, 0.2) is 0 Å². The van der Waals surface area contributed by atoms with Gasteiger partial charge in [0.25, 0.3) is 0 Å². The summed E-state index contributed by atoms with van der Waals surface area (Å²) in [6.45, 7) is 0. The van der Waals surface area contributed by atoms with E-state index in [1.165, 1.54) is 15.9 Å². The summed E-state index contributed by atoms with van der Waals surface area (Å²) in [5, 5.41) is 4.19. The Morgan fingerprint density at radius 1 is 0.478 bits per heavy atom.